The van der Waals surface area contributed by atoms with Gasteiger partial charge < -0.3 is 25.4 Å². The van der Waals surface area contributed by atoms with Gasteiger partial charge in [0, 0.05) is 18.7 Å². The summed E-state index contributed by atoms with van der Waals surface area (Å²) in [5.74, 6) is -3.36. The van der Waals surface area contributed by atoms with Crippen LogP contribution in [-0.4, -0.2) is 62.0 Å². The first kappa shape index (κ1) is 24.9. The summed E-state index contributed by atoms with van der Waals surface area (Å²) in [7, 11) is 0. The first-order chi connectivity index (χ1) is 13.4. The molecular formula is C19H28ClF2N3O4. The van der Waals surface area contributed by atoms with Crippen molar-refractivity contribution >= 4 is 24.2 Å². The Hall–Kier alpha value is -2.13. The van der Waals surface area contributed by atoms with E-state index in [9.17, 15) is 18.4 Å². The molecule has 1 fully saturated rings. The molecule has 10 heteroatoms. The molecule has 7 nitrogen and oxygen atoms in total. The molecule has 1 aliphatic rings. The average Bonchev–Trinajstić information content (AvgIpc) is 2.71. The highest BCUT2D eigenvalue weighted by Gasteiger charge is 2.27. The summed E-state index contributed by atoms with van der Waals surface area (Å²) in [4.78, 5) is 26.1. The van der Waals surface area contributed by atoms with Crippen LogP contribution in [-0.2, 0) is 4.79 Å². The Morgan fingerprint density at radius 2 is 1.86 bits per heavy atom. The van der Waals surface area contributed by atoms with Crippen LogP contribution in [0.4, 0.5) is 8.78 Å². The van der Waals surface area contributed by atoms with Crippen LogP contribution < -0.4 is 20.5 Å². The Balaban J connectivity index is 0.00000420. The fraction of sp³-hybridized carbons (Fsp3) is 0.579. The number of rotatable bonds is 9. The summed E-state index contributed by atoms with van der Waals surface area (Å²) in [5.41, 5.74) is 5.10. The molecule has 0 radical (unpaired) electrons. The molecule has 0 unspecified atom stereocenters. The first-order valence-corrected chi connectivity index (χ1v) is 9.40. The standard InChI is InChI=1S/C19H27F2N3O4.ClH/c1-2-27-16-10-14(18(26)23-13-19(20,21)12-22)6-7-15(16)28-11-17(25)24-8-4-3-5-9-24;/h6-7,10H,2-5,8-9,11-13,22H2,1H3,(H,23,26);1H. The van der Waals surface area contributed by atoms with Gasteiger partial charge in [-0.2, -0.15) is 0 Å². The maximum atomic E-state index is 13.2. The van der Waals surface area contributed by atoms with Gasteiger partial charge in [-0.25, -0.2) is 8.78 Å². The van der Waals surface area contributed by atoms with Gasteiger partial charge in [0.25, 0.3) is 17.7 Å². The summed E-state index contributed by atoms with van der Waals surface area (Å²) in [6.07, 6.45) is 3.10. The molecule has 0 aromatic heterocycles. The van der Waals surface area contributed by atoms with Crippen LogP contribution >= 0.6 is 12.4 Å². The molecular weight excluding hydrogens is 408 g/mol. The van der Waals surface area contributed by atoms with E-state index in [1.807, 2.05) is 0 Å². The summed E-state index contributed by atoms with van der Waals surface area (Å²) in [6.45, 7) is 1.70. The van der Waals surface area contributed by atoms with Gasteiger partial charge in [-0.05, 0) is 44.4 Å². The fourth-order valence-corrected chi connectivity index (χ4v) is 2.79. The molecule has 0 bridgehead atoms. The molecule has 1 saturated heterocycles. The Bertz CT molecular complexity index is 685. The molecule has 164 valence electrons. The van der Waals surface area contributed by atoms with E-state index in [0.29, 0.717) is 12.4 Å². The van der Waals surface area contributed by atoms with Crippen LogP contribution in [0, 0.1) is 0 Å². The number of nitrogens with two attached hydrogens (primary N) is 1. The van der Waals surface area contributed by atoms with E-state index in [-0.39, 0.29) is 36.2 Å². The number of benzene rings is 1. The van der Waals surface area contributed by atoms with Crippen molar-refractivity contribution in [1.82, 2.24) is 10.2 Å². The molecule has 0 atom stereocenters. The molecule has 1 aromatic rings. The summed E-state index contributed by atoms with van der Waals surface area (Å²) < 4.78 is 37.5. The third-order valence-corrected chi connectivity index (χ3v) is 4.37. The van der Waals surface area contributed by atoms with Crippen LogP contribution in [0.5, 0.6) is 11.5 Å². The van der Waals surface area contributed by atoms with Crippen molar-refractivity contribution in [3.05, 3.63) is 23.8 Å². The van der Waals surface area contributed by atoms with Crippen molar-refractivity contribution in [3.63, 3.8) is 0 Å². The first-order valence-electron chi connectivity index (χ1n) is 9.40. The summed E-state index contributed by atoms with van der Waals surface area (Å²) >= 11 is 0. The number of carbonyl (C=O) groups excluding carboxylic acids is 2. The number of alkyl halides is 2. The van der Waals surface area contributed by atoms with Crippen molar-refractivity contribution < 1.29 is 27.8 Å². The Morgan fingerprint density at radius 3 is 2.48 bits per heavy atom. The highest BCUT2D eigenvalue weighted by molar-refractivity contribution is 5.95. The Labute approximate surface area is 175 Å². The molecule has 1 aliphatic heterocycles. The van der Waals surface area contributed by atoms with Gasteiger partial charge in [-0.3, -0.25) is 9.59 Å². The van der Waals surface area contributed by atoms with Crippen molar-refractivity contribution in [3.8, 4) is 11.5 Å². The number of nitrogens with one attached hydrogen (secondary N) is 1. The normalized spacial score (nSPS) is 14.0. The lowest BCUT2D eigenvalue weighted by atomic mass is 10.1. The largest absolute Gasteiger partial charge is 0.490 e. The van der Waals surface area contributed by atoms with Crippen LogP contribution in [0.25, 0.3) is 0 Å². The maximum absolute atomic E-state index is 13.2. The van der Waals surface area contributed by atoms with E-state index >= 15 is 0 Å². The second-order valence-electron chi connectivity index (χ2n) is 6.57. The van der Waals surface area contributed by atoms with Crippen LogP contribution in [0.3, 0.4) is 0 Å². The number of hydrogen-bond donors (Lipinski definition) is 2. The molecule has 2 amide bonds. The molecule has 1 heterocycles. The molecule has 29 heavy (non-hydrogen) atoms. The smallest absolute Gasteiger partial charge is 0.277 e. The van der Waals surface area contributed by atoms with Crippen molar-refractivity contribution in [2.24, 2.45) is 5.73 Å². The van der Waals surface area contributed by atoms with Gasteiger partial charge in [0.05, 0.1) is 19.7 Å². The number of nitrogens with zero attached hydrogens (tertiary/aromatic N) is 1. The number of likely N-dealkylation sites (tertiary alicyclic amines) is 1. The molecule has 2 rings (SSSR count). The van der Waals surface area contributed by atoms with Crippen molar-refractivity contribution in [2.45, 2.75) is 32.1 Å². The SMILES string of the molecule is CCOc1cc(C(=O)NCC(F)(F)CN)ccc1OCC(=O)N1CCCCC1.Cl. The zero-order chi connectivity index (χ0) is 20.6. The molecule has 0 saturated carbocycles. The fourth-order valence-electron chi connectivity index (χ4n) is 2.79. The molecule has 3 N–H and O–H groups in total. The lowest BCUT2D eigenvalue weighted by Crippen LogP contribution is -2.41. The number of amides is 2. The van der Waals surface area contributed by atoms with Gasteiger partial charge in [0.1, 0.15) is 0 Å². The van der Waals surface area contributed by atoms with Gasteiger partial charge in [-0.1, -0.05) is 0 Å². The quantitative estimate of drug-likeness (QED) is 0.620. The third-order valence-electron chi connectivity index (χ3n) is 4.37. The molecule has 0 aliphatic carbocycles. The number of hydrogen-bond acceptors (Lipinski definition) is 5. The van der Waals surface area contributed by atoms with Gasteiger partial charge in [0.15, 0.2) is 18.1 Å². The lowest BCUT2D eigenvalue weighted by molar-refractivity contribution is -0.134. The molecule has 1 aromatic carbocycles. The average molecular weight is 436 g/mol. The Kier molecular flexibility index (Phi) is 10.1. The molecule has 0 spiro atoms. The summed E-state index contributed by atoms with van der Waals surface area (Å²) in [6, 6.07) is 4.32. The van der Waals surface area contributed by atoms with Crippen LogP contribution in [0.1, 0.15) is 36.5 Å². The summed E-state index contributed by atoms with van der Waals surface area (Å²) in [5, 5.41) is 2.15. The van der Waals surface area contributed by atoms with Crippen LogP contribution in [0.2, 0.25) is 0 Å². The van der Waals surface area contributed by atoms with Crippen LogP contribution in [0.15, 0.2) is 18.2 Å². The second-order valence-corrected chi connectivity index (χ2v) is 6.57. The minimum Gasteiger partial charge on any atom is -0.490 e. The highest BCUT2D eigenvalue weighted by Crippen LogP contribution is 2.29. The van der Waals surface area contributed by atoms with E-state index in [1.54, 1.807) is 11.8 Å². The predicted molar refractivity (Wildman–Crippen MR) is 107 cm³/mol. The van der Waals surface area contributed by atoms with Gasteiger partial charge in [0.2, 0.25) is 0 Å². The van der Waals surface area contributed by atoms with Crippen molar-refractivity contribution in [1.29, 1.82) is 0 Å². The topological polar surface area (TPSA) is 93.9 Å². The minimum absolute atomic E-state index is 0. The van der Waals surface area contributed by atoms with E-state index < -0.39 is 24.9 Å². The second kappa shape index (κ2) is 11.8. The highest BCUT2D eigenvalue weighted by atomic mass is 35.5. The Morgan fingerprint density at radius 1 is 1.17 bits per heavy atom. The zero-order valence-corrected chi connectivity index (χ0v) is 17.2. The van der Waals surface area contributed by atoms with E-state index in [2.05, 4.69) is 5.32 Å². The predicted octanol–water partition coefficient (Wildman–Crippen LogP) is 2.22. The monoisotopic (exact) mass is 435 g/mol. The van der Waals surface area contributed by atoms with E-state index in [4.69, 9.17) is 15.2 Å². The number of ether oxygens (including phenoxy) is 2. The third kappa shape index (κ3) is 7.66. The maximum Gasteiger partial charge on any atom is 0.277 e. The number of halogens is 3. The number of piperidine rings is 1. The van der Waals surface area contributed by atoms with E-state index in [0.717, 1.165) is 32.4 Å². The lowest BCUT2D eigenvalue weighted by Gasteiger charge is -2.26. The van der Waals surface area contributed by atoms with Gasteiger partial charge >= 0.3 is 0 Å². The van der Waals surface area contributed by atoms with Crippen molar-refractivity contribution in [2.75, 3.05) is 39.4 Å². The minimum atomic E-state index is -3.17. The van der Waals surface area contributed by atoms with Gasteiger partial charge in [-0.15, -0.1) is 12.4 Å². The zero-order valence-electron chi connectivity index (χ0n) is 16.4. The number of carbonyl (C=O) groups is 2. The van der Waals surface area contributed by atoms with E-state index in [1.165, 1.54) is 18.2 Å².